The minimum absolute atomic E-state index is 0. The van der Waals surface area contributed by atoms with E-state index in [-0.39, 0.29) is 30.5 Å². The molecule has 0 bridgehead atoms. The Labute approximate surface area is 183 Å². The predicted molar refractivity (Wildman–Crippen MR) is 116 cm³/mol. The first-order valence-electron chi connectivity index (χ1n) is 8.69. The number of piperazine rings is 1. The minimum Gasteiger partial charge on any atom is -0.350 e. The topological polar surface area (TPSA) is 43.8 Å². The molecule has 0 amide bonds. The molecule has 1 N–H and O–H groups in total. The zero-order valence-electron chi connectivity index (χ0n) is 15.4. The van der Waals surface area contributed by atoms with Gasteiger partial charge in [-0.05, 0) is 5.56 Å². The molecule has 3 rings (SSSR count). The van der Waals surface area contributed by atoms with E-state index >= 15 is 0 Å². The van der Waals surface area contributed by atoms with Crippen molar-refractivity contribution < 1.29 is 13.2 Å². The summed E-state index contributed by atoms with van der Waals surface area (Å²) < 4.78 is 37.9. The van der Waals surface area contributed by atoms with Gasteiger partial charge in [-0.2, -0.15) is 13.2 Å². The molecule has 10 heteroatoms. The van der Waals surface area contributed by atoms with Gasteiger partial charge in [0.25, 0.3) is 0 Å². The number of benzene rings is 1. The zero-order valence-corrected chi connectivity index (χ0v) is 18.6. The molecule has 0 unspecified atom stereocenters. The van der Waals surface area contributed by atoms with Gasteiger partial charge in [0.2, 0.25) is 0 Å². The average Bonchev–Trinajstić information content (AvgIpc) is 3.14. The molecule has 0 aliphatic carbocycles. The van der Waals surface area contributed by atoms with E-state index in [1.165, 1.54) is 5.56 Å². The number of rotatable bonds is 4. The van der Waals surface area contributed by atoms with Crippen LogP contribution in [-0.4, -0.2) is 54.0 Å². The standard InChI is InChI=1S/C18H22F3N5S.HI/c1-22-17(23-11-16-24-15(13-27-16)18(19,20)21)26-9-7-25(8-10-26)12-14-5-3-2-4-6-14;/h2-6,13H,7-12H2,1H3,(H,22,23);1H. The maximum atomic E-state index is 12.6. The van der Waals surface area contributed by atoms with E-state index in [0.29, 0.717) is 11.0 Å². The SMILES string of the molecule is CN=C(NCc1nc(C(F)(F)F)cs1)N1CCN(Cc2ccccc2)CC1.I. The summed E-state index contributed by atoms with van der Waals surface area (Å²) >= 11 is 1.00. The van der Waals surface area contributed by atoms with Crippen LogP contribution in [0.3, 0.4) is 0 Å². The quantitative estimate of drug-likeness (QED) is 0.376. The first-order chi connectivity index (χ1) is 13.0. The summed E-state index contributed by atoms with van der Waals surface area (Å²) in [5, 5.41) is 4.56. The van der Waals surface area contributed by atoms with Crippen LogP contribution in [0.1, 0.15) is 16.3 Å². The number of hydrogen-bond donors (Lipinski definition) is 1. The van der Waals surface area contributed by atoms with Gasteiger partial charge in [0, 0.05) is 45.2 Å². The fraction of sp³-hybridized carbons (Fsp3) is 0.444. The van der Waals surface area contributed by atoms with E-state index in [1.54, 1.807) is 7.05 Å². The maximum absolute atomic E-state index is 12.6. The Morgan fingerprint density at radius 2 is 1.86 bits per heavy atom. The molecule has 154 valence electrons. The summed E-state index contributed by atoms with van der Waals surface area (Å²) in [4.78, 5) is 12.4. The van der Waals surface area contributed by atoms with Crippen LogP contribution in [0.2, 0.25) is 0 Å². The third-order valence-corrected chi connectivity index (χ3v) is 5.22. The molecular weight excluding hydrogens is 502 g/mol. The maximum Gasteiger partial charge on any atom is 0.434 e. The number of aliphatic imine (C=N–C) groups is 1. The molecule has 2 aromatic rings. The normalized spacial score (nSPS) is 16.0. The van der Waals surface area contributed by atoms with Gasteiger partial charge in [0.1, 0.15) is 5.01 Å². The fourth-order valence-electron chi connectivity index (χ4n) is 2.97. The van der Waals surface area contributed by atoms with Gasteiger partial charge in [-0.15, -0.1) is 35.3 Å². The van der Waals surface area contributed by atoms with Crippen molar-refractivity contribution in [1.29, 1.82) is 0 Å². The monoisotopic (exact) mass is 525 g/mol. The molecule has 1 aromatic carbocycles. The summed E-state index contributed by atoms with van der Waals surface area (Å²) in [5.41, 5.74) is 0.450. The number of guanidine groups is 1. The Kier molecular flexibility index (Phi) is 8.50. The van der Waals surface area contributed by atoms with Crippen molar-refractivity contribution in [3.8, 4) is 0 Å². The Balaban J connectivity index is 0.00000280. The van der Waals surface area contributed by atoms with Crippen LogP contribution in [-0.2, 0) is 19.3 Å². The number of nitrogens with zero attached hydrogens (tertiary/aromatic N) is 4. The molecule has 1 fully saturated rings. The van der Waals surface area contributed by atoms with E-state index in [2.05, 4.69) is 37.2 Å². The molecule has 2 heterocycles. The lowest BCUT2D eigenvalue weighted by Gasteiger charge is -2.36. The van der Waals surface area contributed by atoms with Crippen molar-refractivity contribution in [3.05, 3.63) is 52.0 Å². The van der Waals surface area contributed by atoms with Gasteiger partial charge in [0.15, 0.2) is 11.7 Å². The highest BCUT2D eigenvalue weighted by Crippen LogP contribution is 2.29. The molecule has 0 radical (unpaired) electrons. The van der Waals surface area contributed by atoms with Crippen LogP contribution >= 0.6 is 35.3 Å². The molecule has 5 nitrogen and oxygen atoms in total. The molecule has 1 aromatic heterocycles. The number of thiazole rings is 1. The smallest absolute Gasteiger partial charge is 0.350 e. The summed E-state index contributed by atoms with van der Waals surface area (Å²) in [7, 11) is 1.68. The van der Waals surface area contributed by atoms with E-state index in [0.717, 1.165) is 49.4 Å². The largest absolute Gasteiger partial charge is 0.434 e. The third-order valence-electron chi connectivity index (χ3n) is 4.37. The number of halogens is 4. The van der Waals surface area contributed by atoms with Gasteiger partial charge in [-0.25, -0.2) is 4.98 Å². The molecule has 0 atom stereocenters. The minimum atomic E-state index is -4.40. The molecule has 1 saturated heterocycles. The summed E-state index contributed by atoms with van der Waals surface area (Å²) in [6, 6.07) is 10.3. The number of nitrogens with one attached hydrogen (secondary N) is 1. The summed E-state index contributed by atoms with van der Waals surface area (Å²) in [6.07, 6.45) is -4.40. The van der Waals surface area contributed by atoms with Gasteiger partial charge in [-0.3, -0.25) is 9.89 Å². The first-order valence-corrected chi connectivity index (χ1v) is 9.57. The van der Waals surface area contributed by atoms with E-state index in [4.69, 9.17) is 0 Å². The molecule has 0 saturated carbocycles. The van der Waals surface area contributed by atoms with E-state index in [1.807, 2.05) is 18.2 Å². The highest BCUT2D eigenvalue weighted by Gasteiger charge is 2.33. The van der Waals surface area contributed by atoms with Crippen molar-refractivity contribution in [2.75, 3.05) is 33.2 Å². The van der Waals surface area contributed by atoms with Crippen molar-refractivity contribution >= 4 is 41.3 Å². The lowest BCUT2D eigenvalue weighted by Crippen LogP contribution is -2.52. The van der Waals surface area contributed by atoms with E-state index in [9.17, 15) is 13.2 Å². The zero-order chi connectivity index (χ0) is 19.3. The van der Waals surface area contributed by atoms with Crippen LogP contribution < -0.4 is 5.32 Å². The fourth-order valence-corrected chi connectivity index (χ4v) is 3.71. The Morgan fingerprint density at radius 3 is 2.43 bits per heavy atom. The van der Waals surface area contributed by atoms with Crippen LogP contribution in [0.4, 0.5) is 13.2 Å². The van der Waals surface area contributed by atoms with Crippen molar-refractivity contribution in [3.63, 3.8) is 0 Å². The van der Waals surface area contributed by atoms with Gasteiger partial charge in [-0.1, -0.05) is 30.3 Å². The van der Waals surface area contributed by atoms with Crippen molar-refractivity contribution in [2.45, 2.75) is 19.3 Å². The van der Waals surface area contributed by atoms with Gasteiger partial charge < -0.3 is 10.2 Å². The average molecular weight is 525 g/mol. The molecule has 0 spiro atoms. The highest BCUT2D eigenvalue weighted by molar-refractivity contribution is 14.0. The van der Waals surface area contributed by atoms with Crippen LogP contribution in [0.15, 0.2) is 40.7 Å². The second-order valence-electron chi connectivity index (χ2n) is 6.27. The second-order valence-corrected chi connectivity index (χ2v) is 7.22. The first kappa shape index (κ1) is 22.9. The molecular formula is C18H23F3IN5S. The van der Waals surface area contributed by atoms with Gasteiger partial charge >= 0.3 is 6.18 Å². The van der Waals surface area contributed by atoms with Crippen LogP contribution in [0, 0.1) is 0 Å². The molecule has 1 aliphatic rings. The summed E-state index contributed by atoms with van der Waals surface area (Å²) in [6.45, 7) is 4.60. The molecule has 28 heavy (non-hydrogen) atoms. The Morgan fingerprint density at radius 1 is 1.18 bits per heavy atom. The predicted octanol–water partition coefficient (Wildman–Crippen LogP) is 3.67. The number of aromatic nitrogens is 1. The number of hydrogen-bond acceptors (Lipinski definition) is 4. The van der Waals surface area contributed by atoms with Crippen LogP contribution in [0.5, 0.6) is 0 Å². The lowest BCUT2D eigenvalue weighted by molar-refractivity contribution is -0.140. The van der Waals surface area contributed by atoms with Gasteiger partial charge in [0.05, 0.1) is 6.54 Å². The number of alkyl halides is 3. The Bertz CT molecular complexity index is 758. The van der Waals surface area contributed by atoms with Crippen molar-refractivity contribution in [2.24, 2.45) is 4.99 Å². The highest BCUT2D eigenvalue weighted by atomic mass is 127. The lowest BCUT2D eigenvalue weighted by atomic mass is 10.2. The van der Waals surface area contributed by atoms with Crippen LogP contribution in [0.25, 0.3) is 0 Å². The Hall–Kier alpha value is -1.40. The van der Waals surface area contributed by atoms with E-state index < -0.39 is 11.9 Å². The summed E-state index contributed by atoms with van der Waals surface area (Å²) in [5.74, 6) is 0.693. The van der Waals surface area contributed by atoms with Crippen molar-refractivity contribution in [1.82, 2.24) is 20.1 Å². The second kappa shape index (κ2) is 10.4. The molecule has 1 aliphatic heterocycles. The third kappa shape index (κ3) is 6.31.